The van der Waals surface area contributed by atoms with Crippen molar-refractivity contribution < 1.29 is 129 Å². The van der Waals surface area contributed by atoms with Crippen molar-refractivity contribution in [3.05, 3.63) is 11.6 Å². The maximum Gasteiger partial charge on any atom is 0.315 e. The highest BCUT2D eigenvalue weighted by molar-refractivity contribution is 5.79. The van der Waals surface area contributed by atoms with Crippen LogP contribution in [0.3, 0.4) is 0 Å². The van der Waals surface area contributed by atoms with Gasteiger partial charge < -0.3 is 124 Å². The highest BCUT2D eigenvalue weighted by atomic mass is 16.8. The fourth-order valence-corrected chi connectivity index (χ4v) is 17.3. The molecular formula is C58H94O26. The van der Waals surface area contributed by atoms with E-state index in [2.05, 4.69) is 40.7 Å². The van der Waals surface area contributed by atoms with Gasteiger partial charge >= 0.3 is 5.97 Å². The second-order valence-electron chi connectivity index (χ2n) is 28.1. The van der Waals surface area contributed by atoms with E-state index in [1.54, 1.807) is 0 Å². The Hall–Kier alpha value is -1.75. The first-order valence-electron chi connectivity index (χ1n) is 30.2. The van der Waals surface area contributed by atoms with Gasteiger partial charge in [-0.05, 0) is 111 Å². The van der Waals surface area contributed by atoms with Gasteiger partial charge in [-0.25, -0.2) is 0 Å². The van der Waals surface area contributed by atoms with Crippen LogP contribution in [0.1, 0.15) is 113 Å². The summed E-state index contributed by atoms with van der Waals surface area (Å²) in [6.45, 7) is 12.6. The summed E-state index contributed by atoms with van der Waals surface area (Å²) in [4.78, 5) is 15.8. The van der Waals surface area contributed by atoms with Crippen molar-refractivity contribution in [2.24, 2.45) is 50.2 Å². The minimum atomic E-state index is -2.01. The molecule has 0 unspecified atom stereocenters. The number of allylic oxidation sites excluding steroid dienone is 2. The molecule has 5 heterocycles. The first-order valence-corrected chi connectivity index (χ1v) is 30.2. The Morgan fingerprint density at radius 3 is 1.79 bits per heavy atom. The van der Waals surface area contributed by atoms with Gasteiger partial charge in [0.05, 0.1) is 50.7 Å². The fraction of sp³-hybridized carbons (Fsp3) is 0.948. The highest BCUT2D eigenvalue weighted by Crippen LogP contribution is 2.76. The summed E-state index contributed by atoms with van der Waals surface area (Å²) in [5, 5.41) is 162. The zero-order valence-corrected chi connectivity index (χ0v) is 49.0. The Balaban J connectivity index is 0.919. The van der Waals surface area contributed by atoms with Crippen molar-refractivity contribution in [1.29, 1.82) is 0 Å². The number of ether oxygens (including phenoxy) is 10. The third-order valence-electron chi connectivity index (χ3n) is 22.8. The lowest BCUT2D eigenvalue weighted by Gasteiger charge is -2.71. The molecule has 0 amide bonds. The van der Waals surface area contributed by atoms with Gasteiger partial charge in [-0.2, -0.15) is 0 Å². The van der Waals surface area contributed by atoms with Crippen LogP contribution in [0.4, 0.5) is 0 Å². The summed E-state index contributed by atoms with van der Waals surface area (Å²) >= 11 is 0. The number of rotatable bonds is 13. The molecule has 26 nitrogen and oxygen atoms in total. The van der Waals surface area contributed by atoms with Gasteiger partial charge in [0.15, 0.2) is 31.3 Å². The predicted octanol–water partition coefficient (Wildman–Crippen LogP) is -2.93. The van der Waals surface area contributed by atoms with Crippen LogP contribution in [0, 0.1) is 50.2 Å². The molecule has 0 aromatic rings. The Bertz CT molecular complexity index is 2330. The lowest BCUT2D eigenvalue weighted by molar-refractivity contribution is -0.377. The van der Waals surface area contributed by atoms with Crippen LogP contribution in [0.2, 0.25) is 0 Å². The van der Waals surface area contributed by atoms with Gasteiger partial charge in [-0.15, -0.1) is 0 Å². The van der Waals surface area contributed by atoms with E-state index >= 15 is 4.79 Å². The average Bonchev–Trinajstić information content (AvgIpc) is 0.737. The molecular weight excluding hydrogens is 1110 g/mol. The van der Waals surface area contributed by atoms with Crippen LogP contribution in [0.5, 0.6) is 0 Å². The predicted molar refractivity (Wildman–Crippen MR) is 283 cm³/mol. The summed E-state index contributed by atoms with van der Waals surface area (Å²) in [6.07, 6.45) is -29.7. The monoisotopic (exact) mass is 1210 g/mol. The third kappa shape index (κ3) is 10.9. The number of carbonyl (C=O) groups excluding carboxylic acids is 1. The molecule has 482 valence electrons. The van der Waals surface area contributed by atoms with Crippen LogP contribution in [0.25, 0.3) is 0 Å². The average molecular weight is 1210 g/mol. The van der Waals surface area contributed by atoms with Gasteiger partial charge in [-0.1, -0.05) is 53.2 Å². The quantitative estimate of drug-likeness (QED) is 0.0499. The molecule has 4 saturated carbocycles. The minimum Gasteiger partial charge on any atom is -0.432 e. The molecule has 10 rings (SSSR count). The summed E-state index contributed by atoms with van der Waals surface area (Å²) in [7, 11) is 0. The van der Waals surface area contributed by atoms with Crippen molar-refractivity contribution in [2.45, 2.75) is 260 Å². The summed E-state index contributed by atoms with van der Waals surface area (Å²) in [5.74, 6) is -0.918. The topological polar surface area (TPSA) is 413 Å². The largest absolute Gasteiger partial charge is 0.432 e. The van der Waals surface area contributed by atoms with Gasteiger partial charge in [0, 0.05) is 5.41 Å². The molecule has 32 atom stereocenters. The zero-order chi connectivity index (χ0) is 61.1. The maximum atomic E-state index is 15.8. The Labute approximate surface area is 488 Å². The van der Waals surface area contributed by atoms with E-state index in [4.69, 9.17) is 47.4 Å². The van der Waals surface area contributed by atoms with Gasteiger partial charge in [-0.3, -0.25) is 4.79 Å². The summed E-state index contributed by atoms with van der Waals surface area (Å²) in [5.41, 5.74) is -2.02. The van der Waals surface area contributed by atoms with E-state index in [1.165, 1.54) is 6.92 Å². The number of aliphatic hydroxyl groups excluding tert-OH is 15. The normalized spacial score (nSPS) is 54.9. The van der Waals surface area contributed by atoms with Crippen LogP contribution < -0.4 is 0 Å². The second kappa shape index (κ2) is 24.1. The Morgan fingerprint density at radius 1 is 0.571 bits per heavy atom. The standard InChI is InChI=1S/C58H94O26/c1-24-45(82-49-42(71)35(64)28(62)21-76-49)40(69)44(73)50(78-24)83-46-39(68)37(66)30(22-77-47-43(72)38(67)36(65)29(19-59)79-47)80-51(46)84-52(74)58-16-14-53(2,3)18-26(58)25-8-9-32-54(4)12-11-33(81-48-41(70)34(63)27(61)20-75-48)55(5,23-60)31(54)10-13-57(32,7)56(25,6)15-17-58/h8,24,26-51,59-73H,9-23H2,1-7H3/t24-,26-,27+,28+,29+,30+,31+,32+,33-,34-,35-,36+,37+,38-,39-,40-,41+,42+,43+,44+,45-,46+,47+,48-,49-,50-,51-,54-,55-,56+,57+,58-/m0/s1. The molecule has 15 N–H and O–H groups in total. The summed E-state index contributed by atoms with van der Waals surface area (Å²) in [6, 6.07) is 0. The molecule has 0 aromatic heterocycles. The summed E-state index contributed by atoms with van der Waals surface area (Å²) < 4.78 is 59.7. The Kier molecular flexibility index (Phi) is 18.7. The molecule has 0 aromatic carbocycles. The van der Waals surface area contributed by atoms with Crippen LogP contribution in [-0.2, 0) is 52.2 Å². The molecule has 5 aliphatic heterocycles. The fourth-order valence-electron chi connectivity index (χ4n) is 17.3. The van der Waals surface area contributed by atoms with E-state index < -0.39 is 189 Å². The number of esters is 1. The number of hydrogen-bond donors (Lipinski definition) is 15. The molecule has 5 saturated heterocycles. The van der Waals surface area contributed by atoms with Gasteiger partial charge in [0.2, 0.25) is 6.29 Å². The van der Waals surface area contributed by atoms with Crippen molar-refractivity contribution in [3.8, 4) is 0 Å². The smallest absolute Gasteiger partial charge is 0.315 e. The number of hydrogen-bond acceptors (Lipinski definition) is 26. The lowest BCUT2D eigenvalue weighted by atomic mass is 9.33. The molecule has 0 radical (unpaired) electrons. The van der Waals surface area contributed by atoms with Gasteiger partial charge in [0.25, 0.3) is 0 Å². The van der Waals surface area contributed by atoms with E-state index in [1.807, 2.05) is 6.92 Å². The van der Waals surface area contributed by atoms with E-state index in [0.717, 1.165) is 24.8 Å². The molecule has 10 aliphatic rings. The zero-order valence-electron chi connectivity index (χ0n) is 49.0. The molecule has 26 heteroatoms. The van der Waals surface area contributed by atoms with E-state index in [9.17, 15) is 76.6 Å². The van der Waals surface area contributed by atoms with Crippen LogP contribution in [0.15, 0.2) is 11.6 Å². The Morgan fingerprint density at radius 2 is 1.14 bits per heavy atom. The van der Waals surface area contributed by atoms with Crippen molar-refractivity contribution in [1.82, 2.24) is 0 Å². The van der Waals surface area contributed by atoms with Crippen molar-refractivity contribution >= 4 is 5.97 Å². The second-order valence-corrected chi connectivity index (χ2v) is 28.1. The number of aliphatic hydroxyl groups is 15. The molecule has 5 aliphatic carbocycles. The first-order chi connectivity index (χ1) is 39.4. The molecule has 84 heavy (non-hydrogen) atoms. The van der Waals surface area contributed by atoms with E-state index in [0.29, 0.717) is 44.9 Å². The van der Waals surface area contributed by atoms with Crippen molar-refractivity contribution in [2.75, 3.05) is 33.0 Å². The molecule has 0 spiro atoms. The lowest BCUT2D eigenvalue weighted by Crippen LogP contribution is -2.67. The van der Waals surface area contributed by atoms with Crippen LogP contribution >= 0.6 is 0 Å². The minimum absolute atomic E-state index is 0.0174. The van der Waals surface area contributed by atoms with Gasteiger partial charge in [0.1, 0.15) is 97.7 Å². The first kappa shape index (κ1) is 65.2. The maximum absolute atomic E-state index is 15.8. The SMILES string of the molecule is C[C@@H]1O[C@@H](O[C@H]2[C@H](OC(=O)[C@]34CCC(C)(C)C[C@H]3C3=CC[C@@H]5[C@@]6(C)CC[C@H](O[C@@H]7OC[C@@H](O)[C@H](O)[C@H]7O)[C@@](C)(CO)[C@@H]6CC[C@@]5(C)[C@]3(C)CC4)O[C@H](CO[C@@H]3O[C@H](CO)[C@@H](O)[C@H](O)[C@H]3O)[C@@H](O)[C@@H]2O)[C@H](O)[C@H](O)[C@H]1O[C@@H]1OC[C@@H](O)[C@H](O)[C@H]1O. The van der Waals surface area contributed by atoms with Crippen LogP contribution in [-0.4, -0.2) is 263 Å². The highest BCUT2D eigenvalue weighted by Gasteiger charge is 2.71. The molecule has 0 bridgehead atoms. The van der Waals surface area contributed by atoms with Crippen molar-refractivity contribution in [3.63, 3.8) is 0 Å². The van der Waals surface area contributed by atoms with E-state index in [-0.39, 0.29) is 47.2 Å². The molecule has 9 fully saturated rings. The third-order valence-corrected chi connectivity index (χ3v) is 22.8. The number of fused-ring (bicyclic) bond motifs is 7. The number of carbonyl (C=O) groups is 1.